The second-order valence-corrected chi connectivity index (χ2v) is 1.95. The summed E-state index contributed by atoms with van der Waals surface area (Å²) in [5.74, 6) is 0. The van der Waals surface area contributed by atoms with Crippen LogP contribution in [0.3, 0.4) is 0 Å². The molecule has 0 unspecified atom stereocenters. The number of hydrogen-bond acceptors (Lipinski definition) is 1. The number of nitrogens with zero attached hydrogens (tertiary/aromatic N) is 1. The van der Waals surface area contributed by atoms with Crippen LogP contribution >= 0.6 is 15.9 Å². The maximum atomic E-state index is 3.93. The van der Waals surface area contributed by atoms with Crippen LogP contribution in [0.2, 0.25) is 0 Å². The van der Waals surface area contributed by atoms with Crippen molar-refractivity contribution in [3.05, 3.63) is 30.1 Å². The van der Waals surface area contributed by atoms with E-state index in [-0.39, 0.29) is 0 Å². The number of aromatic nitrogens is 1. The lowest BCUT2D eigenvalue weighted by atomic mass is 10.4. The van der Waals surface area contributed by atoms with Gasteiger partial charge in [0.15, 0.2) is 0 Å². The Labute approximate surface area is 56.9 Å². The molecule has 0 aliphatic heterocycles. The fourth-order valence-electron chi connectivity index (χ4n) is 0.434. The number of hydrogen-bond donors (Lipinski definition) is 0. The van der Waals surface area contributed by atoms with Crippen LogP contribution in [0.15, 0.2) is 18.2 Å². The van der Waals surface area contributed by atoms with Crippen LogP contribution in [-0.2, 0) is 5.33 Å². The van der Waals surface area contributed by atoms with Crippen LogP contribution in [0.5, 0.6) is 0 Å². The van der Waals surface area contributed by atoms with Gasteiger partial charge in [-0.05, 0) is 12.1 Å². The average Bonchev–Trinajstić information content (AvgIpc) is 1.90. The van der Waals surface area contributed by atoms with Crippen LogP contribution in [0, 0.1) is 6.20 Å². The molecular formula is C6H5BrN. The summed E-state index contributed by atoms with van der Waals surface area (Å²) >= 11 is 3.27. The Morgan fingerprint density at radius 1 is 1.75 bits per heavy atom. The standard InChI is InChI=1S/C6H5BrN/c7-5-6-3-1-2-4-8-6/h1-3H,5H2. The van der Waals surface area contributed by atoms with Crippen molar-refractivity contribution in [2.24, 2.45) is 0 Å². The zero-order valence-electron chi connectivity index (χ0n) is 4.26. The van der Waals surface area contributed by atoms with Crippen molar-refractivity contribution in [2.75, 3.05) is 0 Å². The van der Waals surface area contributed by atoms with Crippen LogP contribution < -0.4 is 0 Å². The van der Waals surface area contributed by atoms with Crippen molar-refractivity contribution < 1.29 is 0 Å². The Bertz CT molecular complexity index is 150. The van der Waals surface area contributed by atoms with Crippen molar-refractivity contribution in [2.45, 2.75) is 5.33 Å². The minimum absolute atomic E-state index is 0.810. The van der Waals surface area contributed by atoms with Gasteiger partial charge in [-0.2, -0.15) is 0 Å². The Kier molecular flexibility index (Phi) is 2.03. The van der Waals surface area contributed by atoms with Gasteiger partial charge in [-0.25, -0.2) is 0 Å². The quantitative estimate of drug-likeness (QED) is 0.586. The van der Waals surface area contributed by atoms with Crippen LogP contribution in [0.4, 0.5) is 0 Å². The van der Waals surface area contributed by atoms with Crippen LogP contribution in [-0.4, -0.2) is 4.98 Å². The third kappa shape index (κ3) is 1.30. The number of alkyl halides is 1. The van der Waals surface area contributed by atoms with Crippen molar-refractivity contribution >= 4 is 15.9 Å². The largest absolute Gasteiger partial charge is 0.250 e. The van der Waals surface area contributed by atoms with Gasteiger partial charge in [0.2, 0.25) is 0 Å². The first-order chi connectivity index (χ1) is 3.93. The number of rotatable bonds is 1. The molecule has 1 nitrogen and oxygen atoms in total. The molecule has 1 aromatic heterocycles. The molecule has 0 fully saturated rings. The second kappa shape index (κ2) is 2.82. The summed E-state index contributed by atoms with van der Waals surface area (Å²) in [7, 11) is 0. The summed E-state index contributed by atoms with van der Waals surface area (Å²) in [4.78, 5) is 3.93. The third-order valence-electron chi connectivity index (χ3n) is 0.804. The fourth-order valence-corrected chi connectivity index (χ4v) is 0.746. The normalized spacial score (nSPS) is 9.12. The monoisotopic (exact) mass is 170 g/mol. The van der Waals surface area contributed by atoms with E-state index in [2.05, 4.69) is 27.1 Å². The maximum Gasteiger partial charge on any atom is 0.0889 e. The van der Waals surface area contributed by atoms with Gasteiger partial charge in [0.05, 0.1) is 11.9 Å². The average molecular weight is 171 g/mol. The number of pyridine rings is 1. The Balaban J connectivity index is 2.83. The van der Waals surface area contributed by atoms with Crippen molar-refractivity contribution in [1.82, 2.24) is 4.98 Å². The summed E-state index contributed by atoms with van der Waals surface area (Å²) < 4.78 is 0. The molecule has 1 radical (unpaired) electrons. The highest BCUT2D eigenvalue weighted by Crippen LogP contribution is 1.97. The highest BCUT2D eigenvalue weighted by atomic mass is 79.9. The number of halogens is 1. The topological polar surface area (TPSA) is 12.9 Å². The molecule has 0 spiro atoms. The predicted octanol–water partition coefficient (Wildman–Crippen LogP) is 1.78. The van der Waals surface area contributed by atoms with E-state index in [0.29, 0.717) is 0 Å². The van der Waals surface area contributed by atoms with Gasteiger partial charge in [0, 0.05) is 5.33 Å². The molecule has 8 heavy (non-hydrogen) atoms. The van der Waals surface area contributed by atoms with E-state index in [1.165, 1.54) is 0 Å². The fraction of sp³-hybridized carbons (Fsp3) is 0.167. The highest BCUT2D eigenvalue weighted by Gasteiger charge is 1.83. The molecule has 0 amide bonds. The van der Waals surface area contributed by atoms with Gasteiger partial charge in [0.25, 0.3) is 0 Å². The first kappa shape index (κ1) is 5.76. The molecule has 1 rings (SSSR count). The molecule has 0 aliphatic carbocycles. The Morgan fingerprint density at radius 3 is 3.00 bits per heavy atom. The minimum atomic E-state index is 0.810. The molecule has 0 aromatic carbocycles. The molecule has 0 atom stereocenters. The molecule has 0 saturated heterocycles. The molecule has 41 valence electrons. The van der Waals surface area contributed by atoms with Crippen LogP contribution in [0.1, 0.15) is 5.69 Å². The van der Waals surface area contributed by atoms with E-state index in [1.807, 2.05) is 12.1 Å². The van der Waals surface area contributed by atoms with Gasteiger partial charge in [0.1, 0.15) is 0 Å². The van der Waals surface area contributed by atoms with Gasteiger partial charge < -0.3 is 0 Å². The SMILES string of the molecule is BrCc1ccc[c]n1. The molecule has 0 bridgehead atoms. The zero-order chi connectivity index (χ0) is 5.82. The van der Waals surface area contributed by atoms with Crippen LogP contribution in [0.25, 0.3) is 0 Å². The van der Waals surface area contributed by atoms with Gasteiger partial charge in [-0.1, -0.05) is 22.0 Å². The molecule has 1 heterocycles. The predicted molar refractivity (Wildman–Crippen MR) is 35.7 cm³/mol. The molecule has 0 N–H and O–H groups in total. The Morgan fingerprint density at radius 2 is 2.62 bits per heavy atom. The summed E-state index contributed by atoms with van der Waals surface area (Å²) in [5.41, 5.74) is 1.02. The zero-order valence-corrected chi connectivity index (χ0v) is 5.85. The first-order valence-electron chi connectivity index (χ1n) is 2.31. The molecule has 0 aliphatic rings. The molecule has 1 aromatic rings. The van der Waals surface area contributed by atoms with Gasteiger partial charge in [-0.15, -0.1) is 0 Å². The highest BCUT2D eigenvalue weighted by molar-refractivity contribution is 9.08. The first-order valence-corrected chi connectivity index (χ1v) is 3.43. The van der Waals surface area contributed by atoms with Crippen molar-refractivity contribution in [3.63, 3.8) is 0 Å². The second-order valence-electron chi connectivity index (χ2n) is 1.39. The lowest BCUT2D eigenvalue weighted by Crippen LogP contribution is -1.79. The summed E-state index contributed by atoms with van der Waals surface area (Å²) in [6.07, 6.45) is 2.73. The van der Waals surface area contributed by atoms with Crippen molar-refractivity contribution in [3.8, 4) is 0 Å². The van der Waals surface area contributed by atoms with Gasteiger partial charge in [-0.3, -0.25) is 4.98 Å². The maximum absolute atomic E-state index is 3.93. The van der Waals surface area contributed by atoms with E-state index >= 15 is 0 Å². The van der Waals surface area contributed by atoms with E-state index in [0.717, 1.165) is 11.0 Å². The Hall–Kier alpha value is -0.370. The summed E-state index contributed by atoms with van der Waals surface area (Å²) in [6, 6.07) is 5.65. The van der Waals surface area contributed by atoms with E-state index in [4.69, 9.17) is 0 Å². The van der Waals surface area contributed by atoms with Crippen molar-refractivity contribution in [1.29, 1.82) is 0 Å². The minimum Gasteiger partial charge on any atom is -0.250 e. The molecule has 2 heteroatoms. The lowest BCUT2D eigenvalue weighted by molar-refractivity contribution is 1.18. The summed E-state index contributed by atoms with van der Waals surface area (Å²) in [5, 5.41) is 0.810. The third-order valence-corrected chi connectivity index (χ3v) is 1.38. The summed E-state index contributed by atoms with van der Waals surface area (Å²) in [6.45, 7) is 0. The smallest absolute Gasteiger partial charge is 0.0889 e. The molecular weight excluding hydrogens is 166 g/mol. The van der Waals surface area contributed by atoms with E-state index < -0.39 is 0 Å². The van der Waals surface area contributed by atoms with E-state index in [1.54, 1.807) is 6.07 Å². The van der Waals surface area contributed by atoms with Gasteiger partial charge >= 0.3 is 0 Å². The molecule has 0 saturated carbocycles. The van der Waals surface area contributed by atoms with E-state index in [9.17, 15) is 0 Å². The lowest BCUT2D eigenvalue weighted by Gasteiger charge is -1.86.